The van der Waals surface area contributed by atoms with Crippen LogP contribution in [0.2, 0.25) is 0 Å². The van der Waals surface area contributed by atoms with Crippen molar-refractivity contribution in [1.82, 2.24) is 5.32 Å². The fourth-order valence-corrected chi connectivity index (χ4v) is 1.25. The van der Waals surface area contributed by atoms with Gasteiger partial charge in [-0.25, -0.2) is 0 Å². The monoisotopic (exact) mass is 241 g/mol. The smallest absolute Gasteiger partial charge is 0.380 e. The van der Waals surface area contributed by atoms with E-state index in [1.54, 1.807) is 0 Å². The zero-order chi connectivity index (χ0) is 12.3. The van der Waals surface area contributed by atoms with Crippen LogP contribution in [0.1, 0.15) is 39.0 Å². The van der Waals surface area contributed by atoms with Gasteiger partial charge < -0.3 is 10.1 Å². The van der Waals surface area contributed by atoms with E-state index >= 15 is 0 Å². The lowest BCUT2D eigenvalue weighted by atomic mass is 10.2. The first-order chi connectivity index (χ1) is 7.56. The molecule has 0 aromatic rings. The first-order valence-electron chi connectivity index (χ1n) is 5.91. The maximum Gasteiger partial charge on any atom is 0.389 e. The molecule has 0 aliphatic carbocycles. The Morgan fingerprint density at radius 2 is 1.75 bits per heavy atom. The Morgan fingerprint density at radius 3 is 2.38 bits per heavy atom. The highest BCUT2D eigenvalue weighted by molar-refractivity contribution is 4.50. The minimum atomic E-state index is -4.05. The first kappa shape index (κ1) is 15.7. The van der Waals surface area contributed by atoms with Gasteiger partial charge in [0.05, 0.1) is 6.61 Å². The van der Waals surface area contributed by atoms with E-state index in [9.17, 15) is 13.2 Å². The topological polar surface area (TPSA) is 21.3 Å². The average Bonchev–Trinajstić information content (AvgIpc) is 2.19. The molecule has 16 heavy (non-hydrogen) atoms. The summed E-state index contributed by atoms with van der Waals surface area (Å²) in [7, 11) is 0. The number of hydrogen-bond acceptors (Lipinski definition) is 2. The number of unbranched alkanes of at least 4 members (excludes halogenated alkanes) is 2. The van der Waals surface area contributed by atoms with Crippen molar-refractivity contribution in [2.75, 3.05) is 26.3 Å². The molecule has 0 aliphatic rings. The number of alkyl halides is 3. The Hall–Kier alpha value is -0.290. The van der Waals surface area contributed by atoms with Gasteiger partial charge in [0.25, 0.3) is 0 Å². The van der Waals surface area contributed by atoms with Crippen molar-refractivity contribution in [3.8, 4) is 0 Å². The fraction of sp³-hybridized carbons (Fsp3) is 1.00. The van der Waals surface area contributed by atoms with Gasteiger partial charge in [-0.05, 0) is 19.4 Å². The molecule has 0 spiro atoms. The second-order valence-corrected chi connectivity index (χ2v) is 3.79. The maximum atomic E-state index is 11.7. The molecule has 2 nitrogen and oxygen atoms in total. The quantitative estimate of drug-likeness (QED) is 0.593. The van der Waals surface area contributed by atoms with Crippen LogP contribution in [-0.4, -0.2) is 32.5 Å². The van der Waals surface area contributed by atoms with E-state index in [2.05, 4.69) is 12.2 Å². The maximum absolute atomic E-state index is 11.7. The van der Waals surface area contributed by atoms with Crippen molar-refractivity contribution < 1.29 is 17.9 Å². The Morgan fingerprint density at radius 1 is 1.00 bits per heavy atom. The highest BCUT2D eigenvalue weighted by Gasteiger charge is 2.25. The molecule has 0 saturated heterocycles. The predicted octanol–water partition coefficient (Wildman–Crippen LogP) is 3.13. The summed E-state index contributed by atoms with van der Waals surface area (Å²) < 4.78 is 40.3. The summed E-state index contributed by atoms with van der Waals surface area (Å²) in [5, 5.41) is 3.18. The van der Waals surface area contributed by atoms with Crippen LogP contribution < -0.4 is 5.32 Å². The van der Waals surface area contributed by atoms with Crippen LogP contribution in [0.4, 0.5) is 13.2 Å². The lowest BCUT2D eigenvalue weighted by molar-refractivity contribution is -0.137. The molecule has 0 heterocycles. The second-order valence-electron chi connectivity index (χ2n) is 3.79. The molecule has 0 bridgehead atoms. The third kappa shape index (κ3) is 13.7. The van der Waals surface area contributed by atoms with Gasteiger partial charge in [0.2, 0.25) is 0 Å². The van der Waals surface area contributed by atoms with Gasteiger partial charge in [-0.1, -0.05) is 19.8 Å². The van der Waals surface area contributed by atoms with E-state index in [-0.39, 0.29) is 13.0 Å². The van der Waals surface area contributed by atoms with E-state index in [0.717, 1.165) is 19.5 Å². The predicted molar refractivity (Wildman–Crippen MR) is 58.5 cm³/mol. The molecule has 0 atom stereocenters. The Kier molecular flexibility index (Phi) is 9.72. The van der Waals surface area contributed by atoms with Crippen molar-refractivity contribution >= 4 is 0 Å². The molecular weight excluding hydrogens is 219 g/mol. The molecule has 0 aliphatic heterocycles. The van der Waals surface area contributed by atoms with Crippen molar-refractivity contribution in [3.05, 3.63) is 0 Å². The van der Waals surface area contributed by atoms with Gasteiger partial charge in [-0.3, -0.25) is 0 Å². The van der Waals surface area contributed by atoms with Crippen molar-refractivity contribution in [2.24, 2.45) is 0 Å². The van der Waals surface area contributed by atoms with E-state index in [0.29, 0.717) is 6.61 Å². The average molecular weight is 241 g/mol. The number of rotatable bonds is 10. The molecule has 0 fully saturated rings. The molecule has 0 aromatic carbocycles. The summed E-state index contributed by atoms with van der Waals surface area (Å²) in [4.78, 5) is 0. The molecule has 98 valence electrons. The molecule has 1 N–H and O–H groups in total. The van der Waals surface area contributed by atoms with Gasteiger partial charge in [0.1, 0.15) is 0 Å². The number of hydrogen-bond donors (Lipinski definition) is 1. The zero-order valence-electron chi connectivity index (χ0n) is 9.91. The van der Waals surface area contributed by atoms with Crippen LogP contribution in [0, 0.1) is 0 Å². The Bertz CT molecular complexity index is 151. The fourth-order valence-electron chi connectivity index (χ4n) is 1.25. The second kappa shape index (κ2) is 9.90. The van der Waals surface area contributed by atoms with E-state index < -0.39 is 12.6 Å². The molecule has 0 amide bonds. The van der Waals surface area contributed by atoms with Crippen LogP contribution in [0.25, 0.3) is 0 Å². The molecule has 0 saturated carbocycles. The van der Waals surface area contributed by atoms with Gasteiger partial charge in [0, 0.05) is 19.6 Å². The molecule has 0 aromatic heterocycles. The summed E-state index contributed by atoms with van der Waals surface area (Å²) in [5.41, 5.74) is 0. The summed E-state index contributed by atoms with van der Waals surface area (Å²) in [6, 6.07) is 0. The minimum Gasteiger partial charge on any atom is -0.380 e. The Labute approximate surface area is 95.5 Å². The van der Waals surface area contributed by atoms with Crippen LogP contribution in [0.15, 0.2) is 0 Å². The summed E-state index contributed by atoms with van der Waals surface area (Å²) >= 11 is 0. The first-order valence-corrected chi connectivity index (χ1v) is 5.91. The highest BCUT2D eigenvalue weighted by atomic mass is 19.4. The van der Waals surface area contributed by atoms with Gasteiger partial charge in [0.15, 0.2) is 0 Å². The van der Waals surface area contributed by atoms with Crippen LogP contribution in [0.3, 0.4) is 0 Å². The van der Waals surface area contributed by atoms with E-state index in [4.69, 9.17) is 4.74 Å². The van der Waals surface area contributed by atoms with E-state index in [1.807, 2.05) is 0 Å². The standard InChI is InChI=1S/C11H22F3NO/c1-2-3-4-7-15-8-10-16-9-5-6-11(12,13)14/h15H,2-10H2,1H3. The molecule has 0 unspecified atom stereocenters. The van der Waals surface area contributed by atoms with Crippen LogP contribution >= 0.6 is 0 Å². The third-order valence-electron chi connectivity index (χ3n) is 2.13. The van der Waals surface area contributed by atoms with Crippen molar-refractivity contribution in [2.45, 2.75) is 45.2 Å². The van der Waals surface area contributed by atoms with Crippen molar-refractivity contribution in [1.29, 1.82) is 0 Å². The minimum absolute atomic E-state index is 0.0549. The number of ether oxygens (including phenoxy) is 1. The van der Waals surface area contributed by atoms with Crippen molar-refractivity contribution in [3.63, 3.8) is 0 Å². The molecule has 0 radical (unpaired) electrons. The SMILES string of the molecule is CCCCCNCCOCCCC(F)(F)F. The third-order valence-corrected chi connectivity index (χ3v) is 2.13. The van der Waals surface area contributed by atoms with Gasteiger partial charge in [-0.2, -0.15) is 13.2 Å². The largest absolute Gasteiger partial charge is 0.389 e. The molecule has 0 rings (SSSR count). The highest BCUT2D eigenvalue weighted by Crippen LogP contribution is 2.20. The lowest BCUT2D eigenvalue weighted by Crippen LogP contribution is -2.21. The normalized spacial score (nSPS) is 12.0. The lowest BCUT2D eigenvalue weighted by Gasteiger charge is -2.07. The van der Waals surface area contributed by atoms with Crippen LogP contribution in [0.5, 0.6) is 0 Å². The Balaban J connectivity index is 2.99. The van der Waals surface area contributed by atoms with E-state index in [1.165, 1.54) is 12.8 Å². The van der Waals surface area contributed by atoms with Gasteiger partial charge in [-0.15, -0.1) is 0 Å². The summed E-state index contributed by atoms with van der Waals surface area (Å²) in [6.45, 7) is 4.50. The number of nitrogens with one attached hydrogen (secondary N) is 1. The summed E-state index contributed by atoms with van der Waals surface area (Å²) in [5.74, 6) is 0. The zero-order valence-corrected chi connectivity index (χ0v) is 9.91. The van der Waals surface area contributed by atoms with Crippen LogP contribution in [-0.2, 0) is 4.74 Å². The molecular formula is C11H22F3NO. The number of halogens is 3. The summed E-state index contributed by atoms with van der Waals surface area (Å²) in [6.07, 6.45) is -1.21. The molecule has 5 heteroatoms. The van der Waals surface area contributed by atoms with Gasteiger partial charge >= 0.3 is 6.18 Å².